The van der Waals surface area contributed by atoms with E-state index >= 15 is 0 Å². The molecule has 1 aliphatic heterocycles. The number of esters is 1. The second-order valence-corrected chi connectivity index (χ2v) is 12.9. The molecule has 0 radical (unpaired) electrons. The lowest BCUT2D eigenvalue weighted by atomic mass is 9.74. The number of ether oxygens (including phenoxy) is 1. The molecular formula is C32H41N3O8S. The molecule has 0 aromatic heterocycles. The van der Waals surface area contributed by atoms with Crippen LogP contribution in [0.1, 0.15) is 63.4 Å². The van der Waals surface area contributed by atoms with Gasteiger partial charge < -0.3 is 31.3 Å². The normalized spacial score (nSPS) is 23.0. The predicted molar refractivity (Wildman–Crippen MR) is 164 cm³/mol. The quantitative estimate of drug-likeness (QED) is 0.161. The molecular weight excluding hydrogens is 586 g/mol. The highest BCUT2D eigenvalue weighted by molar-refractivity contribution is 8.00. The number of benzene rings is 1. The van der Waals surface area contributed by atoms with Crippen molar-refractivity contribution in [2.24, 2.45) is 17.6 Å². The van der Waals surface area contributed by atoms with Crippen molar-refractivity contribution in [3.05, 3.63) is 58.9 Å². The summed E-state index contributed by atoms with van der Waals surface area (Å²) in [5.41, 5.74) is 8.97. The van der Waals surface area contributed by atoms with Gasteiger partial charge in [0.1, 0.15) is 30.3 Å². The van der Waals surface area contributed by atoms with Crippen LogP contribution < -0.4 is 16.4 Å². The van der Waals surface area contributed by atoms with E-state index in [2.05, 4.69) is 28.8 Å². The summed E-state index contributed by atoms with van der Waals surface area (Å²) in [6.45, 7) is -0.614. The van der Waals surface area contributed by atoms with Crippen molar-refractivity contribution in [3.8, 4) is 0 Å². The number of aliphatic carboxylic acids is 2. The summed E-state index contributed by atoms with van der Waals surface area (Å²) in [6, 6.07) is 7.89. The number of amides is 2. The second-order valence-electron chi connectivity index (χ2n) is 11.6. The zero-order chi connectivity index (χ0) is 31.6. The Labute approximate surface area is 261 Å². The largest absolute Gasteiger partial charge is 0.480 e. The highest BCUT2D eigenvalue weighted by Gasteiger charge is 2.44. The van der Waals surface area contributed by atoms with Crippen LogP contribution in [0.2, 0.25) is 0 Å². The van der Waals surface area contributed by atoms with E-state index < -0.39 is 48.3 Å². The maximum atomic E-state index is 13.3. The molecule has 11 nitrogen and oxygen atoms in total. The summed E-state index contributed by atoms with van der Waals surface area (Å²) in [7, 11) is 0. The number of rotatable bonds is 13. The number of allylic oxidation sites excluding steroid dienone is 1. The van der Waals surface area contributed by atoms with Gasteiger partial charge in [0.15, 0.2) is 0 Å². The van der Waals surface area contributed by atoms with Crippen LogP contribution in [0.25, 0.3) is 0 Å². The maximum Gasteiger partial charge on any atom is 0.322 e. The first-order valence-corrected chi connectivity index (χ1v) is 16.2. The Morgan fingerprint density at radius 2 is 1.77 bits per heavy atom. The number of carbonyl (C=O) groups is 5. The van der Waals surface area contributed by atoms with Crippen LogP contribution in [0, 0.1) is 11.8 Å². The van der Waals surface area contributed by atoms with E-state index in [-0.39, 0.29) is 35.7 Å². The molecule has 5 atom stereocenters. The van der Waals surface area contributed by atoms with Crippen molar-refractivity contribution >= 4 is 41.5 Å². The average Bonchev–Trinajstić information content (AvgIpc) is 3.33. The van der Waals surface area contributed by atoms with Gasteiger partial charge in [0.2, 0.25) is 11.8 Å². The van der Waals surface area contributed by atoms with E-state index in [1.165, 1.54) is 22.9 Å². The van der Waals surface area contributed by atoms with Gasteiger partial charge in [-0.2, -0.15) is 0 Å². The number of nitrogens with one attached hydrogen (secondary N) is 2. The highest BCUT2D eigenvalue weighted by Crippen LogP contribution is 2.47. The third-order valence-corrected chi connectivity index (χ3v) is 9.68. The summed E-state index contributed by atoms with van der Waals surface area (Å²) >= 11 is 1.40. The van der Waals surface area contributed by atoms with E-state index in [4.69, 9.17) is 20.7 Å². The summed E-state index contributed by atoms with van der Waals surface area (Å²) in [5, 5.41) is 22.8. The first-order chi connectivity index (χ1) is 21.1. The van der Waals surface area contributed by atoms with Gasteiger partial charge in [-0.1, -0.05) is 67.7 Å². The van der Waals surface area contributed by atoms with Crippen molar-refractivity contribution in [2.45, 2.75) is 81.5 Å². The van der Waals surface area contributed by atoms with Gasteiger partial charge in [-0.05, 0) is 49.2 Å². The van der Waals surface area contributed by atoms with Gasteiger partial charge >= 0.3 is 17.9 Å². The molecule has 44 heavy (non-hydrogen) atoms. The fraction of sp³-hybridized carbons (Fsp3) is 0.531. The molecule has 2 aliphatic carbocycles. The van der Waals surface area contributed by atoms with Gasteiger partial charge in [-0.25, -0.2) is 0 Å². The minimum absolute atomic E-state index is 0.103. The number of thioether (sulfide) groups is 1. The van der Waals surface area contributed by atoms with Crippen LogP contribution in [0.5, 0.6) is 0 Å². The molecule has 1 heterocycles. The predicted octanol–water partition coefficient (Wildman–Crippen LogP) is 2.94. The molecule has 0 fully saturated rings. The summed E-state index contributed by atoms with van der Waals surface area (Å²) in [6.07, 6.45) is 9.15. The molecule has 1 aromatic carbocycles. The first-order valence-electron chi connectivity index (χ1n) is 15.2. The Hall–Kier alpha value is -3.64. The van der Waals surface area contributed by atoms with Crippen molar-refractivity contribution in [1.29, 1.82) is 0 Å². The monoisotopic (exact) mass is 627 g/mol. The second kappa shape index (κ2) is 15.9. The van der Waals surface area contributed by atoms with Crippen molar-refractivity contribution in [3.63, 3.8) is 0 Å². The minimum atomic E-state index is -1.23. The molecule has 4 rings (SSSR count). The summed E-state index contributed by atoms with van der Waals surface area (Å²) in [4.78, 5) is 60.9. The molecule has 0 saturated carbocycles. The molecule has 0 spiro atoms. The Morgan fingerprint density at radius 3 is 2.48 bits per heavy atom. The van der Waals surface area contributed by atoms with E-state index in [0.717, 1.165) is 56.9 Å². The van der Waals surface area contributed by atoms with Crippen molar-refractivity contribution in [1.82, 2.24) is 10.6 Å². The van der Waals surface area contributed by atoms with Crippen LogP contribution >= 0.6 is 11.8 Å². The van der Waals surface area contributed by atoms with Gasteiger partial charge in [0, 0.05) is 12.2 Å². The molecule has 1 aromatic rings. The van der Waals surface area contributed by atoms with Crippen LogP contribution in [0.4, 0.5) is 0 Å². The zero-order valence-electron chi connectivity index (χ0n) is 24.7. The number of hydrogen-bond donors (Lipinski definition) is 5. The first kappa shape index (κ1) is 33.3. The standard InChI is InChI=1S/C32H41N3O8S/c33-23(31(40)41)12-13-26(36)35-24(30(39)34-17-27(37)38)18-44-25-11-7-2-1-6-10-21-15-20(14-19-8-4-3-5-9-19)16-22-28(21)29(25)43-32(22)42/h3-5,8-9,16,21-25H,1-2,6-7,10-15,17-18,33H2,(H,34,39)(H,35,36)(H,37,38)(H,40,41)/t21-,22-,23-,24-,25+/m0/s1. The van der Waals surface area contributed by atoms with Crippen LogP contribution in [-0.4, -0.2) is 69.6 Å². The number of nitrogens with two attached hydrogens (primary N) is 1. The lowest BCUT2D eigenvalue weighted by molar-refractivity contribution is -0.140. The topological polar surface area (TPSA) is 185 Å². The number of carbonyl (C=O) groups excluding carboxylic acids is 3. The maximum absolute atomic E-state index is 13.3. The molecule has 3 aliphatic rings. The summed E-state index contributed by atoms with van der Waals surface area (Å²) < 4.78 is 6.00. The van der Waals surface area contributed by atoms with Gasteiger partial charge in [0.05, 0.1) is 5.25 Å². The molecule has 6 N–H and O–H groups in total. The van der Waals surface area contributed by atoms with Crippen LogP contribution in [-0.2, 0) is 35.1 Å². The molecule has 0 unspecified atom stereocenters. The summed E-state index contributed by atoms with van der Waals surface area (Å²) in [5.74, 6) is -3.47. The van der Waals surface area contributed by atoms with Crippen molar-refractivity contribution in [2.75, 3.05) is 12.3 Å². The van der Waals surface area contributed by atoms with Gasteiger partial charge in [-0.15, -0.1) is 11.8 Å². The van der Waals surface area contributed by atoms with E-state index in [0.29, 0.717) is 5.76 Å². The third-order valence-electron chi connectivity index (χ3n) is 8.30. The van der Waals surface area contributed by atoms with E-state index in [1.54, 1.807) is 0 Å². The molecule has 12 heteroatoms. The Balaban J connectivity index is 1.53. The molecule has 0 bridgehead atoms. The Morgan fingerprint density at radius 1 is 1.05 bits per heavy atom. The zero-order valence-corrected chi connectivity index (χ0v) is 25.5. The smallest absolute Gasteiger partial charge is 0.322 e. The molecule has 238 valence electrons. The lowest BCUT2D eigenvalue weighted by Crippen LogP contribution is -2.49. The SMILES string of the molecule is N[C@@H](CCC(=O)N[C@@H](CS[C@@H]1CCCCCC[C@H]2CC(Cc3ccccc3)=C[C@@H]3C(=O)OC1=C23)C(=O)NCC(=O)O)C(=O)O. The molecule has 2 amide bonds. The minimum Gasteiger partial charge on any atom is -0.480 e. The van der Waals surface area contributed by atoms with Gasteiger partial charge in [-0.3, -0.25) is 24.0 Å². The van der Waals surface area contributed by atoms with E-state index in [1.807, 2.05) is 18.2 Å². The Bertz CT molecular complexity index is 1300. The van der Waals surface area contributed by atoms with Crippen molar-refractivity contribution < 1.29 is 38.9 Å². The number of carboxylic acids is 2. The average molecular weight is 628 g/mol. The lowest BCUT2D eigenvalue weighted by Gasteiger charge is -2.30. The number of carboxylic acid groups (broad SMARTS) is 2. The van der Waals surface area contributed by atoms with E-state index in [9.17, 15) is 24.0 Å². The number of hydrogen-bond acceptors (Lipinski definition) is 8. The molecule has 0 saturated heterocycles. The van der Waals surface area contributed by atoms with Gasteiger partial charge in [0.25, 0.3) is 0 Å². The third kappa shape index (κ3) is 9.18. The van der Waals surface area contributed by atoms with Crippen LogP contribution in [0.3, 0.4) is 0 Å². The fourth-order valence-electron chi connectivity index (χ4n) is 6.07. The fourth-order valence-corrected chi connectivity index (χ4v) is 7.40. The van der Waals surface area contributed by atoms with Crippen LogP contribution in [0.15, 0.2) is 53.3 Å². The Kier molecular flexibility index (Phi) is 12.0. The highest BCUT2D eigenvalue weighted by atomic mass is 32.2.